The number of methoxy groups -OCH3 is 3. The summed E-state index contributed by atoms with van der Waals surface area (Å²) in [6, 6.07) is 58.4. The van der Waals surface area contributed by atoms with Gasteiger partial charge in [0.25, 0.3) is 0 Å². The fourth-order valence-corrected chi connectivity index (χ4v) is 10.2. The van der Waals surface area contributed by atoms with Gasteiger partial charge in [0.2, 0.25) is 0 Å². The Morgan fingerprint density at radius 2 is 0.884 bits per heavy atom. The Bertz CT molecular complexity index is 3790. The molecule has 0 aliphatic heterocycles. The minimum absolute atomic E-state index is 0. The zero-order valence-corrected chi connectivity index (χ0v) is 61.4. The number of quaternary nitrogens is 1. The molecular formula is C76H104Cl2N4O10S3. The molecule has 6 N–H and O–H groups in total. The molecule has 0 radical (unpaired) electrons. The summed E-state index contributed by atoms with van der Waals surface area (Å²) < 4.78 is 55.0. The fourth-order valence-electron chi connectivity index (χ4n) is 8.83. The second-order valence-electron chi connectivity index (χ2n) is 25.4. The quantitative estimate of drug-likeness (QED) is 0.0242. The van der Waals surface area contributed by atoms with Gasteiger partial charge >= 0.3 is 17.9 Å². The molecule has 8 rings (SSSR count). The van der Waals surface area contributed by atoms with Crippen LogP contribution in [0.2, 0.25) is 0 Å². The number of benzene rings is 8. The Balaban J connectivity index is 0.00000117. The number of ether oxygens (including phenoxy) is 3. The summed E-state index contributed by atoms with van der Waals surface area (Å²) >= 11 is 0. The third kappa shape index (κ3) is 33.1. The molecule has 0 fully saturated rings. The Morgan fingerprint density at radius 1 is 0.547 bits per heavy atom. The predicted molar refractivity (Wildman–Crippen MR) is 399 cm³/mol. The molecule has 0 bridgehead atoms. The van der Waals surface area contributed by atoms with Gasteiger partial charge in [-0.2, -0.15) is 4.40 Å². The summed E-state index contributed by atoms with van der Waals surface area (Å²) in [5.41, 5.74) is 9.28. The molecule has 0 aliphatic rings. The van der Waals surface area contributed by atoms with Crippen molar-refractivity contribution in [3.8, 4) is 0 Å². The SMILES string of the molecule is C.C=C(C)C(=O)OC.CC(C)(C)S(=O)N=CCc1ccc2ccccc2c1.CC(C)(C)S(N)=O.COC(=O)[C@@H](C)C[C@@H]([NH3+])Cc1ccc2ccccc2c1.COC(=O)[C@@H](C)C[C@H](Cc1ccc2ccccc2c1)NS(=O)C(C)(C)C.Cl.O=CCc1ccc2ccccc2c1.[Cl-]. The van der Waals surface area contributed by atoms with Crippen LogP contribution in [0.4, 0.5) is 0 Å². The normalized spacial score (nSPS) is 13.1. The van der Waals surface area contributed by atoms with Crippen LogP contribution in [0.5, 0.6) is 0 Å². The first-order valence-corrected chi connectivity index (χ1v) is 34.1. The van der Waals surface area contributed by atoms with Gasteiger partial charge in [-0.3, -0.25) is 14.7 Å². The highest BCUT2D eigenvalue weighted by molar-refractivity contribution is 7.85. The summed E-state index contributed by atoms with van der Waals surface area (Å²) in [4.78, 5) is 43.8. The van der Waals surface area contributed by atoms with Crippen LogP contribution in [-0.4, -0.2) is 90.7 Å². The smallest absolute Gasteiger partial charge is 0.332 e. The molecule has 0 aliphatic carbocycles. The van der Waals surface area contributed by atoms with Gasteiger partial charge in [-0.05, 0) is 147 Å². The first kappa shape index (κ1) is 88.2. The maximum atomic E-state index is 12.6. The predicted octanol–water partition coefficient (Wildman–Crippen LogP) is 11.9. The first-order chi connectivity index (χ1) is 43.3. The fraction of sp³-hybridized carbons (Fsp3) is 0.382. The summed E-state index contributed by atoms with van der Waals surface area (Å²) in [7, 11) is 0.608. The molecule has 95 heavy (non-hydrogen) atoms. The Morgan fingerprint density at radius 3 is 1.20 bits per heavy atom. The molecule has 0 saturated carbocycles. The molecule has 0 saturated heterocycles. The number of carbonyl (C=O) groups excluding carboxylic acids is 4. The van der Waals surface area contributed by atoms with Gasteiger partial charge in [-0.1, -0.05) is 198 Å². The number of nitrogens with zero attached hydrogens (tertiary/aromatic N) is 1. The van der Waals surface area contributed by atoms with E-state index in [1.807, 2.05) is 137 Å². The number of esters is 3. The molecular weight excluding hydrogens is 1300 g/mol. The molecule has 0 spiro atoms. The van der Waals surface area contributed by atoms with E-state index >= 15 is 0 Å². The molecule has 0 heterocycles. The average Bonchev–Trinajstić information content (AvgIpc) is 0.872. The van der Waals surface area contributed by atoms with Gasteiger partial charge in [0.1, 0.15) is 17.3 Å². The summed E-state index contributed by atoms with van der Waals surface area (Å²) in [5.74, 6) is -1.09. The van der Waals surface area contributed by atoms with E-state index in [2.05, 4.69) is 135 Å². The molecule has 7 atom stereocenters. The van der Waals surface area contributed by atoms with E-state index in [-0.39, 0.29) is 88.3 Å². The van der Waals surface area contributed by atoms with E-state index < -0.39 is 33.0 Å². The van der Waals surface area contributed by atoms with Crippen LogP contribution in [-0.2, 0) is 92.0 Å². The van der Waals surface area contributed by atoms with Crippen molar-refractivity contribution in [1.29, 1.82) is 0 Å². The summed E-state index contributed by atoms with van der Waals surface area (Å²) in [5, 5.41) is 14.8. The number of nitrogens with two attached hydrogens (primary N) is 1. The molecule has 14 nitrogen and oxygen atoms in total. The van der Waals surface area contributed by atoms with Crippen LogP contribution in [0.25, 0.3) is 43.1 Å². The molecule has 520 valence electrons. The Kier molecular flexibility index (Phi) is 41.0. The zero-order valence-electron chi connectivity index (χ0n) is 57.4. The lowest BCUT2D eigenvalue weighted by atomic mass is 9.95. The topological polar surface area (TPSA) is 225 Å². The van der Waals surface area contributed by atoms with E-state index in [9.17, 15) is 31.8 Å². The number of fused-ring (bicyclic) bond motifs is 4. The lowest BCUT2D eigenvalue weighted by Crippen LogP contribution is -3.00. The maximum absolute atomic E-state index is 12.6. The van der Waals surface area contributed by atoms with Crippen LogP contribution >= 0.6 is 12.4 Å². The van der Waals surface area contributed by atoms with E-state index in [1.54, 1.807) is 13.1 Å². The lowest BCUT2D eigenvalue weighted by Gasteiger charge is -2.26. The maximum Gasteiger partial charge on any atom is 0.332 e. The van der Waals surface area contributed by atoms with Gasteiger partial charge < -0.3 is 37.1 Å². The number of hydrogen-bond acceptors (Lipinski definition) is 10. The highest BCUT2D eigenvalue weighted by Crippen LogP contribution is 2.23. The van der Waals surface area contributed by atoms with Crippen molar-refractivity contribution in [3.63, 3.8) is 0 Å². The third-order valence-corrected chi connectivity index (χ3v) is 18.4. The van der Waals surface area contributed by atoms with Crippen molar-refractivity contribution in [2.45, 2.75) is 155 Å². The van der Waals surface area contributed by atoms with Crippen molar-refractivity contribution in [3.05, 3.63) is 204 Å². The van der Waals surface area contributed by atoms with Crippen molar-refractivity contribution >= 4 is 119 Å². The largest absolute Gasteiger partial charge is 1.00 e. The second kappa shape index (κ2) is 44.1. The number of nitrogens with one attached hydrogen (secondary N) is 1. The highest BCUT2D eigenvalue weighted by Gasteiger charge is 2.27. The van der Waals surface area contributed by atoms with Gasteiger partial charge in [0, 0.05) is 43.5 Å². The minimum Gasteiger partial charge on any atom is -1.00 e. The summed E-state index contributed by atoms with van der Waals surface area (Å²) in [6.07, 6.45) is 6.81. The molecule has 8 aromatic rings. The van der Waals surface area contributed by atoms with E-state index in [0.29, 0.717) is 31.3 Å². The van der Waals surface area contributed by atoms with Crippen LogP contribution in [0.1, 0.15) is 126 Å². The standard InChI is InChI=1S/C21H29NO3S.C17H21NO2.C16H19NOS.C12H10O.C5H8O2.C4H11NOS.CH4.2ClH/c1-15(20(23)25-5)12-19(22-26(24)21(2,3)4)14-16-10-11-17-8-6-7-9-18(17)13-16;1-12(17(19)20-2)9-16(18)11-13-7-8-14-5-3-4-6-15(14)10-13;1-16(2,3)19(18)17-11-10-13-8-9-14-6-4-5-7-15(14)12-13;13-8-7-10-5-6-11-3-1-2-4-12(11)9-10;1-4(2)5(6)7-3;1-4(2,3)7(5)6;;;/h6-11,13,15,19,22H,12,14H2,1-5H3;3-8,10,12,16H,9,11,18H2,1-2H3;4-9,11-12H,10H2,1-3H3;1-6,8-9H,7H2;1H2,2-3H3;5H2,1-3H3;1H4;2*1H/t15-,19+,26?;12-,16+;;;;;;;/m00......./s1. The molecule has 0 amide bonds. The third-order valence-electron chi connectivity index (χ3n) is 14.1. The van der Waals surface area contributed by atoms with Crippen molar-refractivity contribution in [1.82, 2.24) is 4.72 Å². The van der Waals surface area contributed by atoms with E-state index in [0.717, 1.165) is 30.3 Å². The Labute approximate surface area is 586 Å². The highest BCUT2D eigenvalue weighted by atomic mass is 35.5. The van der Waals surface area contributed by atoms with Gasteiger partial charge in [-0.25, -0.2) is 22.1 Å². The van der Waals surface area contributed by atoms with Crippen LogP contribution < -0.4 is 28.0 Å². The van der Waals surface area contributed by atoms with Crippen LogP contribution in [0.3, 0.4) is 0 Å². The van der Waals surface area contributed by atoms with E-state index in [1.165, 1.54) is 75.5 Å². The molecule has 8 aromatic carbocycles. The lowest BCUT2D eigenvalue weighted by molar-refractivity contribution is -0.422. The molecule has 0 aromatic heterocycles. The van der Waals surface area contributed by atoms with Crippen LogP contribution in [0.15, 0.2) is 186 Å². The number of carbonyl (C=O) groups is 4. The van der Waals surface area contributed by atoms with Gasteiger partial charge in [0.15, 0.2) is 0 Å². The number of halogens is 2. The Hall–Kier alpha value is -6.80. The first-order valence-electron chi connectivity index (χ1n) is 30.7. The second-order valence-corrected chi connectivity index (χ2v) is 31.2. The average molecular weight is 1400 g/mol. The molecule has 3 unspecified atom stereocenters. The summed E-state index contributed by atoms with van der Waals surface area (Å²) in [6.45, 7) is 25.8. The zero-order chi connectivity index (χ0) is 68.8. The van der Waals surface area contributed by atoms with Crippen molar-refractivity contribution in [2.75, 3.05) is 21.3 Å². The number of hydrogen-bond donors (Lipinski definition) is 3. The van der Waals surface area contributed by atoms with Gasteiger partial charge in [-0.15, -0.1) is 12.4 Å². The number of aldehydes is 1. The minimum atomic E-state index is -1.20. The van der Waals surface area contributed by atoms with Crippen molar-refractivity contribution < 1.29 is 64.2 Å². The monoisotopic (exact) mass is 1400 g/mol. The van der Waals surface area contributed by atoms with Gasteiger partial charge in [0.05, 0.1) is 75.4 Å². The van der Waals surface area contributed by atoms with E-state index in [4.69, 9.17) is 14.6 Å². The molecule has 19 heteroatoms. The van der Waals surface area contributed by atoms with Crippen LogP contribution in [0, 0.1) is 11.8 Å². The number of rotatable bonds is 18. The van der Waals surface area contributed by atoms with Crippen molar-refractivity contribution in [2.24, 2.45) is 21.4 Å².